The summed E-state index contributed by atoms with van der Waals surface area (Å²) in [6.07, 6.45) is 28.1. The Morgan fingerprint density at radius 1 is 0.632 bits per heavy atom. The minimum atomic E-state index is 1.08. The molecule has 0 nitrogen and oxygen atoms in total. The summed E-state index contributed by atoms with van der Waals surface area (Å²) in [4.78, 5) is 0. The molecule has 0 radical (unpaired) electrons. The maximum atomic E-state index is 3.75. The lowest BCUT2D eigenvalue weighted by molar-refractivity contribution is 0.622. The summed E-state index contributed by atoms with van der Waals surface area (Å²) in [6, 6.07) is 0. The van der Waals surface area contributed by atoms with Crippen molar-refractivity contribution in [1.29, 1.82) is 0 Å². The van der Waals surface area contributed by atoms with Crippen LogP contribution < -0.4 is 0 Å². The van der Waals surface area contributed by atoms with Gasteiger partial charge in [0, 0.05) is 0 Å². The lowest BCUT2D eigenvalue weighted by Gasteiger charge is -1.97. The summed E-state index contributed by atoms with van der Waals surface area (Å²) in [6.45, 7) is 5.91. The third-order valence-electron chi connectivity index (χ3n) is 3.06. The largest absolute Gasteiger partial charge is 0.103 e. The molecule has 0 unspecified atom stereocenters. The van der Waals surface area contributed by atoms with Crippen molar-refractivity contribution >= 4 is 0 Å². The maximum absolute atomic E-state index is 3.75. The van der Waals surface area contributed by atoms with Crippen LogP contribution in [0.3, 0.4) is 0 Å². The van der Waals surface area contributed by atoms with E-state index in [1.54, 1.807) is 0 Å². The van der Waals surface area contributed by atoms with Crippen LogP contribution in [0.1, 0.15) is 71.1 Å². The molecule has 0 heterocycles. The topological polar surface area (TPSA) is 0 Å². The minimum Gasteiger partial charge on any atom is -0.103 e. The Bertz CT molecular complexity index is 255. The van der Waals surface area contributed by atoms with Crippen molar-refractivity contribution in [1.82, 2.24) is 0 Å². The number of hydrogen-bond acceptors (Lipinski definition) is 0. The van der Waals surface area contributed by atoms with Crippen LogP contribution in [0.25, 0.3) is 0 Å². The van der Waals surface area contributed by atoms with Crippen LogP contribution in [-0.2, 0) is 0 Å². The average molecular weight is 260 g/mol. The van der Waals surface area contributed by atoms with Crippen LogP contribution in [0, 0.1) is 0 Å². The zero-order valence-electron chi connectivity index (χ0n) is 12.8. The Balaban J connectivity index is 3.21. The van der Waals surface area contributed by atoms with Gasteiger partial charge in [0.15, 0.2) is 0 Å². The van der Waals surface area contributed by atoms with Crippen LogP contribution in [0.15, 0.2) is 49.1 Å². The lowest BCUT2D eigenvalue weighted by atomic mass is 10.1. The van der Waals surface area contributed by atoms with E-state index in [4.69, 9.17) is 0 Å². The van der Waals surface area contributed by atoms with Crippen molar-refractivity contribution < 1.29 is 0 Å². The second-order valence-electron chi connectivity index (χ2n) is 4.93. The summed E-state index contributed by atoms with van der Waals surface area (Å²) in [5.74, 6) is 0. The normalized spacial score (nSPS) is 12.1. The molecule has 0 aromatic carbocycles. The van der Waals surface area contributed by atoms with Gasteiger partial charge in [-0.1, -0.05) is 68.7 Å². The molecule has 19 heavy (non-hydrogen) atoms. The number of allylic oxidation sites excluding steroid dienone is 7. The fraction of sp³-hybridized carbons (Fsp3) is 0.579. The summed E-state index contributed by atoms with van der Waals surface area (Å²) in [5, 5.41) is 0. The highest BCUT2D eigenvalue weighted by atomic mass is 13.9. The molecule has 0 aliphatic rings. The monoisotopic (exact) mass is 260 g/mol. The molecule has 0 heteroatoms. The highest BCUT2D eigenvalue weighted by Gasteiger charge is 1.88. The molecule has 0 aliphatic heterocycles. The number of hydrogen-bond donors (Lipinski definition) is 0. The molecule has 0 saturated heterocycles. The first-order valence-electron chi connectivity index (χ1n) is 7.97. The van der Waals surface area contributed by atoms with Gasteiger partial charge in [0.1, 0.15) is 0 Å². The van der Waals surface area contributed by atoms with E-state index >= 15 is 0 Å². The molecule has 0 bridgehead atoms. The van der Waals surface area contributed by atoms with Gasteiger partial charge in [-0.3, -0.25) is 0 Å². The fourth-order valence-corrected chi connectivity index (χ4v) is 1.91. The van der Waals surface area contributed by atoms with Crippen molar-refractivity contribution in [3.63, 3.8) is 0 Å². The highest BCUT2D eigenvalue weighted by molar-refractivity contribution is 4.96. The van der Waals surface area contributed by atoms with E-state index in [2.05, 4.69) is 50.0 Å². The molecule has 0 fully saturated rings. The second kappa shape index (κ2) is 17.0. The smallest absolute Gasteiger partial charge is 0.0169 e. The summed E-state index contributed by atoms with van der Waals surface area (Å²) in [7, 11) is 0. The first-order chi connectivity index (χ1) is 9.41. The van der Waals surface area contributed by atoms with Gasteiger partial charge >= 0.3 is 0 Å². The zero-order chi connectivity index (χ0) is 14.0. The SMILES string of the molecule is C=CCCCCCCC/C=C/C/C=C/C/C=C/CC. The molecule has 0 aromatic heterocycles. The highest BCUT2D eigenvalue weighted by Crippen LogP contribution is 2.07. The first-order valence-corrected chi connectivity index (χ1v) is 7.97. The van der Waals surface area contributed by atoms with Crippen LogP contribution in [-0.4, -0.2) is 0 Å². The van der Waals surface area contributed by atoms with Crippen molar-refractivity contribution in [2.75, 3.05) is 0 Å². The van der Waals surface area contributed by atoms with Crippen LogP contribution >= 0.6 is 0 Å². The Kier molecular flexibility index (Phi) is 16.0. The quantitative estimate of drug-likeness (QED) is 0.253. The standard InChI is InChI=1S/C19H32/c1-3-5-7-9-11-13-15-17-19-18-16-14-12-10-8-6-4-2/h3,6,8,12,14,18-19H,1,4-5,7,9-11,13,15-17H2,2H3/b8-6+,14-12+,19-18+. The van der Waals surface area contributed by atoms with E-state index in [0.29, 0.717) is 0 Å². The predicted octanol–water partition coefficient (Wildman–Crippen LogP) is 6.76. The van der Waals surface area contributed by atoms with Crippen molar-refractivity contribution in [2.45, 2.75) is 71.1 Å². The molecule has 0 amide bonds. The first kappa shape index (κ1) is 18.0. The zero-order valence-corrected chi connectivity index (χ0v) is 12.8. The van der Waals surface area contributed by atoms with Gasteiger partial charge in [-0.15, -0.1) is 6.58 Å². The van der Waals surface area contributed by atoms with Gasteiger partial charge in [0.25, 0.3) is 0 Å². The third-order valence-corrected chi connectivity index (χ3v) is 3.06. The Hall–Kier alpha value is -1.04. The molecular weight excluding hydrogens is 228 g/mol. The Morgan fingerprint density at radius 2 is 1.16 bits per heavy atom. The molecule has 0 atom stereocenters. The van der Waals surface area contributed by atoms with Crippen LogP contribution in [0.5, 0.6) is 0 Å². The summed E-state index contributed by atoms with van der Waals surface area (Å²) >= 11 is 0. The van der Waals surface area contributed by atoms with E-state index < -0.39 is 0 Å². The molecule has 108 valence electrons. The third kappa shape index (κ3) is 17.0. The predicted molar refractivity (Wildman–Crippen MR) is 89.5 cm³/mol. The van der Waals surface area contributed by atoms with Gasteiger partial charge in [-0.05, 0) is 44.9 Å². The molecule has 0 aromatic rings. The Morgan fingerprint density at radius 3 is 1.79 bits per heavy atom. The van der Waals surface area contributed by atoms with Gasteiger partial charge in [-0.2, -0.15) is 0 Å². The van der Waals surface area contributed by atoms with Crippen molar-refractivity contribution in [2.24, 2.45) is 0 Å². The second-order valence-corrected chi connectivity index (χ2v) is 4.93. The van der Waals surface area contributed by atoms with Crippen molar-refractivity contribution in [3.05, 3.63) is 49.1 Å². The van der Waals surface area contributed by atoms with Gasteiger partial charge in [0.2, 0.25) is 0 Å². The van der Waals surface area contributed by atoms with Crippen LogP contribution in [0.4, 0.5) is 0 Å². The molecule has 0 aliphatic carbocycles. The average Bonchev–Trinajstić information content (AvgIpc) is 2.43. The van der Waals surface area contributed by atoms with Gasteiger partial charge < -0.3 is 0 Å². The number of unbranched alkanes of at least 4 members (excludes halogenated alkanes) is 6. The van der Waals surface area contributed by atoms with E-state index in [0.717, 1.165) is 19.3 Å². The van der Waals surface area contributed by atoms with E-state index in [9.17, 15) is 0 Å². The van der Waals surface area contributed by atoms with E-state index in [1.165, 1.54) is 44.9 Å². The van der Waals surface area contributed by atoms with Gasteiger partial charge in [0.05, 0.1) is 0 Å². The summed E-state index contributed by atoms with van der Waals surface area (Å²) < 4.78 is 0. The number of rotatable bonds is 13. The fourth-order valence-electron chi connectivity index (χ4n) is 1.91. The maximum Gasteiger partial charge on any atom is -0.0169 e. The van der Waals surface area contributed by atoms with Crippen molar-refractivity contribution in [3.8, 4) is 0 Å². The molecular formula is C19H32. The lowest BCUT2D eigenvalue weighted by Crippen LogP contribution is -1.77. The van der Waals surface area contributed by atoms with Crippen LogP contribution in [0.2, 0.25) is 0 Å². The molecule has 0 spiro atoms. The molecule has 0 saturated carbocycles. The molecule has 0 rings (SSSR count). The van der Waals surface area contributed by atoms with Gasteiger partial charge in [-0.25, -0.2) is 0 Å². The summed E-state index contributed by atoms with van der Waals surface area (Å²) in [5.41, 5.74) is 0. The minimum absolute atomic E-state index is 1.08. The van der Waals surface area contributed by atoms with E-state index in [-0.39, 0.29) is 0 Å². The van der Waals surface area contributed by atoms with E-state index in [1.807, 2.05) is 6.08 Å². The Labute approximate surface area is 121 Å². The molecule has 0 N–H and O–H groups in total.